The average molecular weight is 452 g/mol. The average Bonchev–Trinajstić information content (AvgIpc) is 3.48. The Bertz CT molecular complexity index is 1330. The number of nitrogens with one attached hydrogen (secondary N) is 1. The standard InChI is InChI=1S/C23H19F2N5OS/c1-29-12-11-26-23(29)32-20-10-9-14(24)13-17(20)27-22(31)21-15-5-4-8-18(15)30(28-21)19-7-3-2-6-16(19)25/h2-3,6-7,9-13H,4-5,8H2,1H3,(H,27,31). The summed E-state index contributed by atoms with van der Waals surface area (Å²) < 4.78 is 31.8. The highest BCUT2D eigenvalue weighted by Crippen LogP contribution is 2.34. The van der Waals surface area contributed by atoms with Gasteiger partial charge in [-0.15, -0.1) is 0 Å². The molecule has 0 atom stereocenters. The van der Waals surface area contributed by atoms with Crippen LogP contribution in [-0.4, -0.2) is 25.2 Å². The van der Waals surface area contributed by atoms with Crippen molar-refractivity contribution in [3.05, 3.63) is 83.4 Å². The van der Waals surface area contributed by atoms with Gasteiger partial charge in [0.15, 0.2) is 10.9 Å². The zero-order valence-corrected chi connectivity index (χ0v) is 18.0. The molecule has 0 spiro atoms. The van der Waals surface area contributed by atoms with Gasteiger partial charge in [0.1, 0.15) is 17.3 Å². The number of carbonyl (C=O) groups excluding carboxylic acids is 1. The van der Waals surface area contributed by atoms with Crippen LogP contribution in [0, 0.1) is 11.6 Å². The van der Waals surface area contributed by atoms with E-state index in [1.807, 2.05) is 17.8 Å². The second kappa shape index (κ2) is 8.23. The van der Waals surface area contributed by atoms with Crippen molar-refractivity contribution in [1.29, 1.82) is 0 Å². The third-order valence-corrected chi connectivity index (χ3v) is 6.55. The molecule has 2 aromatic carbocycles. The number of rotatable bonds is 5. The predicted molar refractivity (Wildman–Crippen MR) is 117 cm³/mol. The van der Waals surface area contributed by atoms with Crippen LogP contribution in [-0.2, 0) is 19.9 Å². The molecule has 0 radical (unpaired) electrons. The smallest absolute Gasteiger partial charge is 0.276 e. The molecular formula is C23H19F2N5OS. The number of amides is 1. The zero-order valence-electron chi connectivity index (χ0n) is 17.2. The fourth-order valence-electron chi connectivity index (χ4n) is 3.86. The van der Waals surface area contributed by atoms with Crippen LogP contribution in [0.4, 0.5) is 14.5 Å². The van der Waals surface area contributed by atoms with Gasteiger partial charge >= 0.3 is 0 Å². The van der Waals surface area contributed by atoms with Gasteiger partial charge < -0.3 is 9.88 Å². The van der Waals surface area contributed by atoms with Gasteiger partial charge in [-0.1, -0.05) is 12.1 Å². The van der Waals surface area contributed by atoms with Crippen molar-refractivity contribution < 1.29 is 13.6 Å². The molecule has 1 aliphatic carbocycles. The van der Waals surface area contributed by atoms with E-state index in [2.05, 4.69) is 15.4 Å². The molecule has 2 aromatic heterocycles. The van der Waals surface area contributed by atoms with Gasteiger partial charge in [-0.25, -0.2) is 18.4 Å². The number of benzene rings is 2. The number of halogens is 2. The Morgan fingerprint density at radius 3 is 2.78 bits per heavy atom. The molecule has 1 N–H and O–H groups in total. The summed E-state index contributed by atoms with van der Waals surface area (Å²) in [6.45, 7) is 0. The van der Waals surface area contributed by atoms with Crippen LogP contribution in [0.3, 0.4) is 0 Å². The summed E-state index contributed by atoms with van der Waals surface area (Å²) in [4.78, 5) is 18.1. The van der Waals surface area contributed by atoms with Gasteiger partial charge in [0, 0.05) is 35.6 Å². The summed E-state index contributed by atoms with van der Waals surface area (Å²) >= 11 is 1.32. The van der Waals surface area contributed by atoms with Crippen molar-refractivity contribution in [2.24, 2.45) is 7.05 Å². The summed E-state index contributed by atoms with van der Waals surface area (Å²) in [5, 5.41) is 7.96. The van der Waals surface area contributed by atoms with E-state index in [4.69, 9.17) is 0 Å². The summed E-state index contributed by atoms with van der Waals surface area (Å²) in [6, 6.07) is 10.6. The van der Waals surface area contributed by atoms with E-state index in [-0.39, 0.29) is 5.69 Å². The number of imidazole rings is 1. The Hall–Kier alpha value is -3.46. The fourth-order valence-corrected chi connectivity index (χ4v) is 4.73. The Labute approximate surface area is 187 Å². The minimum Gasteiger partial charge on any atom is -0.329 e. The van der Waals surface area contributed by atoms with Gasteiger partial charge in [-0.05, 0) is 61.4 Å². The van der Waals surface area contributed by atoms with Crippen molar-refractivity contribution in [1.82, 2.24) is 19.3 Å². The number of aromatic nitrogens is 4. The van der Waals surface area contributed by atoms with Crippen molar-refractivity contribution in [2.45, 2.75) is 29.3 Å². The van der Waals surface area contributed by atoms with Crippen molar-refractivity contribution in [2.75, 3.05) is 5.32 Å². The number of fused-ring (bicyclic) bond motifs is 1. The lowest BCUT2D eigenvalue weighted by Gasteiger charge is -2.11. The molecule has 2 heterocycles. The molecule has 9 heteroatoms. The highest BCUT2D eigenvalue weighted by molar-refractivity contribution is 7.99. The summed E-state index contributed by atoms with van der Waals surface area (Å²) in [6.07, 6.45) is 5.74. The molecule has 6 nitrogen and oxygen atoms in total. The number of hydrogen-bond acceptors (Lipinski definition) is 4. The molecule has 0 saturated carbocycles. The molecule has 32 heavy (non-hydrogen) atoms. The minimum atomic E-state index is -0.466. The van der Waals surface area contributed by atoms with Gasteiger partial charge in [0.05, 0.1) is 5.69 Å². The first kappa shape index (κ1) is 20.4. The molecule has 0 bridgehead atoms. The Morgan fingerprint density at radius 1 is 1.16 bits per heavy atom. The summed E-state index contributed by atoms with van der Waals surface area (Å²) in [5.74, 6) is -1.33. The third kappa shape index (κ3) is 3.69. The highest BCUT2D eigenvalue weighted by Gasteiger charge is 2.28. The van der Waals surface area contributed by atoms with E-state index < -0.39 is 17.5 Å². The van der Waals surface area contributed by atoms with Crippen molar-refractivity contribution >= 4 is 23.4 Å². The van der Waals surface area contributed by atoms with Gasteiger partial charge in [-0.3, -0.25) is 4.79 Å². The van der Waals surface area contributed by atoms with Crippen LogP contribution < -0.4 is 5.32 Å². The highest BCUT2D eigenvalue weighted by atomic mass is 32.2. The van der Waals surface area contributed by atoms with Gasteiger partial charge in [0.2, 0.25) is 0 Å². The quantitative estimate of drug-likeness (QED) is 0.475. The maximum Gasteiger partial charge on any atom is 0.276 e. The summed E-state index contributed by atoms with van der Waals surface area (Å²) in [7, 11) is 1.86. The third-order valence-electron chi connectivity index (χ3n) is 5.39. The van der Waals surface area contributed by atoms with Crippen LogP contribution in [0.15, 0.2) is 64.9 Å². The van der Waals surface area contributed by atoms with E-state index in [0.29, 0.717) is 34.3 Å². The lowest BCUT2D eigenvalue weighted by molar-refractivity contribution is 0.102. The number of carbonyl (C=O) groups is 1. The van der Waals surface area contributed by atoms with Crippen LogP contribution in [0.25, 0.3) is 5.69 Å². The molecule has 162 valence electrons. The Balaban J connectivity index is 1.49. The van der Waals surface area contributed by atoms with E-state index >= 15 is 0 Å². The lowest BCUT2D eigenvalue weighted by atomic mass is 10.2. The van der Waals surface area contributed by atoms with Crippen molar-refractivity contribution in [3.8, 4) is 5.69 Å². The van der Waals surface area contributed by atoms with Crippen LogP contribution in [0.1, 0.15) is 28.2 Å². The number of hydrogen-bond donors (Lipinski definition) is 1. The number of para-hydroxylation sites is 1. The van der Waals surface area contributed by atoms with E-state index in [1.54, 1.807) is 30.5 Å². The van der Waals surface area contributed by atoms with Gasteiger partial charge in [0.25, 0.3) is 5.91 Å². The minimum absolute atomic E-state index is 0.234. The molecular weight excluding hydrogens is 432 g/mol. The molecule has 0 saturated heterocycles. The van der Waals surface area contributed by atoms with E-state index in [9.17, 15) is 13.6 Å². The maximum atomic E-state index is 14.4. The number of aryl methyl sites for hydroxylation is 1. The second-order valence-corrected chi connectivity index (χ2v) is 8.52. The van der Waals surface area contributed by atoms with Crippen LogP contribution in [0.2, 0.25) is 0 Å². The first-order valence-electron chi connectivity index (χ1n) is 10.1. The monoisotopic (exact) mass is 451 g/mol. The second-order valence-electron chi connectivity index (χ2n) is 7.51. The predicted octanol–water partition coefficient (Wildman–Crippen LogP) is 4.78. The number of anilines is 1. The Kier molecular flexibility index (Phi) is 5.26. The van der Waals surface area contributed by atoms with Gasteiger partial charge in [-0.2, -0.15) is 5.10 Å². The molecule has 0 fully saturated rings. The lowest BCUT2D eigenvalue weighted by Crippen LogP contribution is -2.16. The van der Waals surface area contributed by atoms with E-state index in [1.165, 1.54) is 34.6 Å². The first-order valence-corrected chi connectivity index (χ1v) is 10.9. The fraction of sp³-hybridized carbons (Fsp3) is 0.174. The largest absolute Gasteiger partial charge is 0.329 e. The van der Waals surface area contributed by atoms with Crippen molar-refractivity contribution in [3.63, 3.8) is 0 Å². The molecule has 4 aromatic rings. The van der Waals surface area contributed by atoms with E-state index in [0.717, 1.165) is 17.7 Å². The van der Waals surface area contributed by atoms with Crippen LogP contribution >= 0.6 is 11.8 Å². The molecule has 1 amide bonds. The molecule has 1 aliphatic rings. The topological polar surface area (TPSA) is 64.7 Å². The summed E-state index contributed by atoms with van der Waals surface area (Å²) in [5.41, 5.74) is 2.51. The zero-order chi connectivity index (χ0) is 22.2. The Morgan fingerprint density at radius 2 is 2.00 bits per heavy atom. The molecule has 0 unspecified atom stereocenters. The molecule has 5 rings (SSSR count). The molecule has 0 aliphatic heterocycles. The number of nitrogens with zero attached hydrogens (tertiary/aromatic N) is 4. The van der Waals surface area contributed by atoms with Crippen LogP contribution in [0.5, 0.6) is 0 Å². The SMILES string of the molecule is Cn1ccnc1Sc1ccc(F)cc1NC(=O)c1nn(-c2ccccc2F)c2c1CCC2. The normalized spacial score (nSPS) is 12.7. The first-order chi connectivity index (χ1) is 15.5. The maximum absolute atomic E-state index is 14.4.